The molecule has 4 heteroatoms. The maximum absolute atomic E-state index is 4.52. The standard InChI is InChI=1S/C22H26N4/c1-18-7-8-22-20(6-3-10-24-22)21(18)17-26-12-4-11-25(13-14-26)16-19-5-2-9-23-15-19/h2-3,5-10,15H,4,11-14,16-17H2,1H3. The maximum atomic E-state index is 4.52. The fourth-order valence-corrected chi connectivity index (χ4v) is 3.85. The van der Waals surface area contributed by atoms with Gasteiger partial charge in [-0.05, 0) is 61.3 Å². The fraction of sp³-hybridized carbons (Fsp3) is 0.364. The van der Waals surface area contributed by atoms with Crippen LogP contribution in [0.4, 0.5) is 0 Å². The summed E-state index contributed by atoms with van der Waals surface area (Å²) in [6, 6.07) is 12.8. The first-order chi connectivity index (χ1) is 12.8. The number of rotatable bonds is 4. The Bertz CT molecular complexity index is 862. The van der Waals surface area contributed by atoms with Crippen LogP contribution in [0.3, 0.4) is 0 Å². The third-order valence-corrected chi connectivity index (χ3v) is 5.32. The Morgan fingerprint density at radius 3 is 2.50 bits per heavy atom. The van der Waals surface area contributed by atoms with Crippen LogP contribution >= 0.6 is 0 Å². The van der Waals surface area contributed by atoms with E-state index in [0.717, 1.165) is 44.8 Å². The molecule has 0 atom stereocenters. The SMILES string of the molecule is Cc1ccc2ncccc2c1CN1CCCN(Cc2cccnc2)CC1. The molecule has 0 N–H and O–H groups in total. The van der Waals surface area contributed by atoms with Gasteiger partial charge in [0.1, 0.15) is 0 Å². The van der Waals surface area contributed by atoms with Crippen LogP contribution in [0.1, 0.15) is 23.1 Å². The lowest BCUT2D eigenvalue weighted by atomic mass is 10.0. The molecule has 0 radical (unpaired) electrons. The van der Waals surface area contributed by atoms with E-state index in [0.29, 0.717) is 0 Å². The second kappa shape index (κ2) is 7.94. The average Bonchev–Trinajstić information content (AvgIpc) is 2.90. The van der Waals surface area contributed by atoms with Crippen LogP contribution in [0.25, 0.3) is 10.9 Å². The predicted octanol–water partition coefficient (Wildman–Crippen LogP) is 3.65. The Kier molecular flexibility index (Phi) is 5.23. The highest BCUT2D eigenvalue weighted by Crippen LogP contribution is 2.23. The molecule has 1 aromatic carbocycles. The molecule has 1 fully saturated rings. The van der Waals surface area contributed by atoms with Crippen LogP contribution in [0, 0.1) is 6.92 Å². The number of pyridine rings is 2. The Hall–Kier alpha value is -2.30. The summed E-state index contributed by atoms with van der Waals surface area (Å²) in [6.45, 7) is 8.75. The summed E-state index contributed by atoms with van der Waals surface area (Å²) in [5.74, 6) is 0. The number of aromatic nitrogens is 2. The minimum atomic E-state index is 0.999. The van der Waals surface area contributed by atoms with E-state index < -0.39 is 0 Å². The smallest absolute Gasteiger partial charge is 0.0705 e. The summed E-state index contributed by atoms with van der Waals surface area (Å²) in [6.07, 6.45) is 6.91. The van der Waals surface area contributed by atoms with Crippen molar-refractivity contribution in [3.8, 4) is 0 Å². The van der Waals surface area contributed by atoms with E-state index in [-0.39, 0.29) is 0 Å². The molecule has 4 nitrogen and oxygen atoms in total. The van der Waals surface area contributed by atoms with Crippen LogP contribution in [0.2, 0.25) is 0 Å². The summed E-state index contributed by atoms with van der Waals surface area (Å²) in [7, 11) is 0. The van der Waals surface area contributed by atoms with Gasteiger partial charge in [0.2, 0.25) is 0 Å². The van der Waals surface area contributed by atoms with Gasteiger partial charge in [-0.2, -0.15) is 0 Å². The molecule has 0 bridgehead atoms. The molecule has 26 heavy (non-hydrogen) atoms. The van der Waals surface area contributed by atoms with Gasteiger partial charge in [-0.3, -0.25) is 19.8 Å². The molecule has 1 aliphatic rings. The van der Waals surface area contributed by atoms with Gasteiger partial charge in [0.05, 0.1) is 5.52 Å². The zero-order valence-corrected chi connectivity index (χ0v) is 15.4. The van der Waals surface area contributed by atoms with Gasteiger partial charge in [-0.1, -0.05) is 18.2 Å². The summed E-state index contributed by atoms with van der Waals surface area (Å²) in [5.41, 5.74) is 5.19. The van der Waals surface area contributed by atoms with E-state index in [9.17, 15) is 0 Å². The van der Waals surface area contributed by atoms with Gasteiger partial charge in [0, 0.05) is 50.2 Å². The fourth-order valence-electron chi connectivity index (χ4n) is 3.85. The minimum absolute atomic E-state index is 0.999. The third kappa shape index (κ3) is 3.92. The Morgan fingerprint density at radius 1 is 0.885 bits per heavy atom. The van der Waals surface area contributed by atoms with Crippen molar-refractivity contribution >= 4 is 10.9 Å². The molecule has 0 saturated carbocycles. The topological polar surface area (TPSA) is 32.3 Å². The highest BCUT2D eigenvalue weighted by Gasteiger charge is 2.17. The molecule has 3 heterocycles. The number of benzene rings is 1. The second-order valence-electron chi connectivity index (χ2n) is 7.20. The van der Waals surface area contributed by atoms with Crippen molar-refractivity contribution in [2.24, 2.45) is 0 Å². The molecular formula is C22H26N4. The summed E-state index contributed by atoms with van der Waals surface area (Å²) < 4.78 is 0. The molecule has 3 aromatic rings. The number of fused-ring (bicyclic) bond motifs is 1. The van der Waals surface area contributed by atoms with Gasteiger partial charge in [-0.25, -0.2) is 0 Å². The maximum Gasteiger partial charge on any atom is 0.0705 e. The largest absolute Gasteiger partial charge is 0.298 e. The van der Waals surface area contributed by atoms with Gasteiger partial charge in [0.15, 0.2) is 0 Å². The zero-order chi connectivity index (χ0) is 17.8. The molecule has 0 spiro atoms. The highest BCUT2D eigenvalue weighted by atomic mass is 15.2. The third-order valence-electron chi connectivity index (χ3n) is 5.32. The van der Waals surface area contributed by atoms with E-state index in [1.165, 1.54) is 28.5 Å². The van der Waals surface area contributed by atoms with Crippen LogP contribution in [-0.4, -0.2) is 45.9 Å². The lowest BCUT2D eigenvalue weighted by molar-refractivity contribution is 0.247. The quantitative estimate of drug-likeness (QED) is 0.722. The van der Waals surface area contributed by atoms with E-state index in [2.05, 4.69) is 51.0 Å². The molecule has 4 rings (SSSR count). The van der Waals surface area contributed by atoms with Crippen molar-refractivity contribution < 1.29 is 0 Å². The van der Waals surface area contributed by atoms with Gasteiger partial charge < -0.3 is 0 Å². The monoisotopic (exact) mass is 346 g/mol. The van der Waals surface area contributed by atoms with Gasteiger partial charge in [-0.15, -0.1) is 0 Å². The summed E-state index contributed by atoms with van der Waals surface area (Å²) in [4.78, 5) is 13.9. The van der Waals surface area contributed by atoms with E-state index >= 15 is 0 Å². The molecule has 0 amide bonds. The molecule has 1 saturated heterocycles. The number of hydrogen-bond donors (Lipinski definition) is 0. The Labute approximate surface area is 155 Å². The molecular weight excluding hydrogens is 320 g/mol. The normalized spacial score (nSPS) is 16.7. The second-order valence-corrected chi connectivity index (χ2v) is 7.20. The van der Waals surface area contributed by atoms with Gasteiger partial charge in [0.25, 0.3) is 0 Å². The van der Waals surface area contributed by atoms with E-state index in [1.807, 2.05) is 30.7 Å². The van der Waals surface area contributed by atoms with E-state index in [1.54, 1.807) is 0 Å². The number of hydrogen-bond acceptors (Lipinski definition) is 4. The average molecular weight is 346 g/mol. The number of aryl methyl sites for hydroxylation is 1. The first-order valence-corrected chi connectivity index (χ1v) is 9.46. The molecule has 0 aliphatic carbocycles. The van der Waals surface area contributed by atoms with Crippen molar-refractivity contribution in [1.29, 1.82) is 0 Å². The summed E-state index contributed by atoms with van der Waals surface area (Å²) in [5, 5.41) is 1.30. The molecule has 2 aromatic heterocycles. The Balaban J connectivity index is 1.45. The molecule has 1 aliphatic heterocycles. The lowest BCUT2D eigenvalue weighted by Crippen LogP contribution is -2.30. The van der Waals surface area contributed by atoms with Crippen LogP contribution in [0.15, 0.2) is 55.0 Å². The van der Waals surface area contributed by atoms with Gasteiger partial charge >= 0.3 is 0 Å². The lowest BCUT2D eigenvalue weighted by Gasteiger charge is -2.23. The predicted molar refractivity (Wildman–Crippen MR) is 106 cm³/mol. The molecule has 134 valence electrons. The number of nitrogens with zero attached hydrogens (tertiary/aromatic N) is 4. The van der Waals surface area contributed by atoms with Crippen molar-refractivity contribution in [3.05, 3.63) is 71.7 Å². The van der Waals surface area contributed by atoms with Crippen LogP contribution in [-0.2, 0) is 13.1 Å². The van der Waals surface area contributed by atoms with Crippen molar-refractivity contribution in [2.75, 3.05) is 26.2 Å². The van der Waals surface area contributed by atoms with Crippen LogP contribution < -0.4 is 0 Å². The first kappa shape index (κ1) is 17.1. The van der Waals surface area contributed by atoms with E-state index in [4.69, 9.17) is 0 Å². The first-order valence-electron chi connectivity index (χ1n) is 9.46. The van der Waals surface area contributed by atoms with Crippen molar-refractivity contribution in [3.63, 3.8) is 0 Å². The Morgan fingerprint density at radius 2 is 1.69 bits per heavy atom. The van der Waals surface area contributed by atoms with Crippen LogP contribution in [0.5, 0.6) is 0 Å². The molecule has 0 unspecified atom stereocenters. The van der Waals surface area contributed by atoms with Crippen molar-refractivity contribution in [2.45, 2.75) is 26.4 Å². The summed E-state index contributed by atoms with van der Waals surface area (Å²) >= 11 is 0. The highest BCUT2D eigenvalue weighted by molar-refractivity contribution is 5.83. The van der Waals surface area contributed by atoms with Crippen molar-refractivity contribution in [1.82, 2.24) is 19.8 Å². The minimum Gasteiger partial charge on any atom is -0.298 e. The zero-order valence-electron chi connectivity index (χ0n) is 15.4.